The van der Waals surface area contributed by atoms with Gasteiger partial charge in [-0.25, -0.2) is 4.79 Å². The first-order chi connectivity index (χ1) is 15.1. The Kier molecular flexibility index (Phi) is 7.66. The number of thioether (sulfide) groups is 1. The van der Waals surface area contributed by atoms with Crippen molar-refractivity contribution in [1.29, 1.82) is 0 Å². The highest BCUT2D eigenvalue weighted by Gasteiger charge is 2.22. The Morgan fingerprint density at radius 3 is 2.71 bits per heavy atom. The Bertz CT molecular complexity index is 974. The first kappa shape index (κ1) is 22.3. The van der Waals surface area contributed by atoms with Gasteiger partial charge in [0.05, 0.1) is 19.0 Å². The van der Waals surface area contributed by atoms with E-state index in [9.17, 15) is 9.59 Å². The summed E-state index contributed by atoms with van der Waals surface area (Å²) in [4.78, 5) is 31.8. The number of nitrogens with zero attached hydrogens (tertiary/aromatic N) is 3. The van der Waals surface area contributed by atoms with Crippen LogP contribution in [-0.2, 0) is 28.9 Å². The van der Waals surface area contributed by atoms with E-state index >= 15 is 0 Å². The van der Waals surface area contributed by atoms with Gasteiger partial charge in [-0.3, -0.25) is 14.3 Å². The predicted octanol–water partition coefficient (Wildman–Crippen LogP) is 2.84. The summed E-state index contributed by atoms with van der Waals surface area (Å²) in [5.74, 6) is 0.0818. The maximum absolute atomic E-state index is 12.7. The number of ether oxygens (including phenoxy) is 1. The van der Waals surface area contributed by atoms with Gasteiger partial charge < -0.3 is 10.1 Å². The number of rotatable bonds is 8. The maximum Gasteiger partial charge on any atom is 0.348 e. The molecule has 0 saturated carbocycles. The van der Waals surface area contributed by atoms with Crippen molar-refractivity contribution in [2.75, 3.05) is 43.9 Å². The molecule has 1 aliphatic heterocycles. The molecule has 31 heavy (non-hydrogen) atoms. The van der Waals surface area contributed by atoms with Crippen molar-refractivity contribution in [3.8, 4) is 0 Å². The van der Waals surface area contributed by atoms with Gasteiger partial charge in [0, 0.05) is 48.1 Å². The van der Waals surface area contributed by atoms with Crippen LogP contribution >= 0.6 is 23.4 Å². The molecule has 4 rings (SSSR count). The highest BCUT2D eigenvalue weighted by atomic mass is 35.5. The zero-order valence-corrected chi connectivity index (χ0v) is 19.0. The number of halogens is 1. The van der Waals surface area contributed by atoms with Crippen LogP contribution in [0.15, 0.2) is 34.1 Å². The fraction of sp³-hybridized carbons (Fsp3) is 0.500. The summed E-state index contributed by atoms with van der Waals surface area (Å²) >= 11 is 7.22. The van der Waals surface area contributed by atoms with Crippen LogP contribution in [0.3, 0.4) is 0 Å². The molecular weight excluding hydrogens is 436 g/mol. The van der Waals surface area contributed by atoms with E-state index in [2.05, 4.69) is 15.2 Å². The molecule has 2 aromatic rings. The van der Waals surface area contributed by atoms with Crippen LogP contribution in [-0.4, -0.2) is 59.0 Å². The van der Waals surface area contributed by atoms with Gasteiger partial charge >= 0.3 is 5.69 Å². The summed E-state index contributed by atoms with van der Waals surface area (Å²) in [5.41, 5.74) is 2.73. The second kappa shape index (κ2) is 10.6. The second-order valence-electron chi connectivity index (χ2n) is 7.78. The fourth-order valence-corrected chi connectivity index (χ4v) is 5.08. The number of carbonyl (C=O) groups is 1. The van der Waals surface area contributed by atoms with Crippen LogP contribution in [0.2, 0.25) is 5.02 Å². The van der Waals surface area contributed by atoms with Crippen molar-refractivity contribution in [1.82, 2.24) is 14.5 Å². The summed E-state index contributed by atoms with van der Waals surface area (Å²) in [6.07, 6.45) is 3.75. The Hall–Kier alpha value is -1.87. The number of anilines is 1. The average Bonchev–Trinajstić information content (AvgIpc) is 3.26. The lowest BCUT2D eigenvalue weighted by atomic mass is 10.2. The number of fused-ring (bicyclic) bond motifs is 1. The van der Waals surface area contributed by atoms with Gasteiger partial charge in [-0.2, -0.15) is 4.98 Å². The third kappa shape index (κ3) is 5.88. The molecule has 1 aromatic heterocycles. The Morgan fingerprint density at radius 1 is 1.16 bits per heavy atom. The van der Waals surface area contributed by atoms with Crippen LogP contribution in [0.5, 0.6) is 0 Å². The molecule has 7 nitrogen and oxygen atoms in total. The summed E-state index contributed by atoms with van der Waals surface area (Å²) in [5, 5.41) is 4.17. The van der Waals surface area contributed by atoms with E-state index in [1.54, 1.807) is 24.3 Å². The molecule has 2 aliphatic rings. The molecule has 166 valence electrons. The van der Waals surface area contributed by atoms with Crippen LogP contribution in [0.1, 0.15) is 24.1 Å². The van der Waals surface area contributed by atoms with E-state index in [0.717, 1.165) is 69.8 Å². The lowest BCUT2D eigenvalue weighted by Gasteiger charge is -2.26. The minimum Gasteiger partial charge on any atom is -0.379 e. The Labute approximate surface area is 191 Å². The molecular formula is C22H27ClN4O3S. The van der Waals surface area contributed by atoms with Gasteiger partial charge in [-0.1, -0.05) is 23.4 Å². The zero-order valence-electron chi connectivity index (χ0n) is 17.4. The van der Waals surface area contributed by atoms with E-state index in [0.29, 0.717) is 22.3 Å². The second-order valence-corrected chi connectivity index (χ2v) is 9.18. The summed E-state index contributed by atoms with van der Waals surface area (Å²) < 4.78 is 7.24. The smallest absolute Gasteiger partial charge is 0.348 e. The monoisotopic (exact) mass is 462 g/mol. The number of carbonyl (C=O) groups excluding carboxylic acids is 1. The molecule has 0 radical (unpaired) electrons. The van der Waals surface area contributed by atoms with Gasteiger partial charge in [-0.05, 0) is 49.9 Å². The molecule has 1 aromatic carbocycles. The molecule has 1 N–H and O–H groups in total. The van der Waals surface area contributed by atoms with Crippen molar-refractivity contribution in [2.24, 2.45) is 0 Å². The largest absolute Gasteiger partial charge is 0.379 e. The fourth-order valence-electron chi connectivity index (χ4n) is 4.08. The molecule has 1 aliphatic carbocycles. The van der Waals surface area contributed by atoms with Gasteiger partial charge in [0.15, 0.2) is 0 Å². The minimum atomic E-state index is -0.205. The van der Waals surface area contributed by atoms with Gasteiger partial charge in [0.2, 0.25) is 5.91 Å². The molecule has 0 bridgehead atoms. The number of nitrogens with one attached hydrogen (secondary N) is 1. The maximum atomic E-state index is 12.7. The first-order valence-corrected chi connectivity index (χ1v) is 12.1. The van der Waals surface area contributed by atoms with Gasteiger partial charge in [-0.15, -0.1) is 0 Å². The van der Waals surface area contributed by atoms with Gasteiger partial charge in [0.25, 0.3) is 0 Å². The van der Waals surface area contributed by atoms with Crippen molar-refractivity contribution in [2.45, 2.75) is 37.3 Å². The summed E-state index contributed by atoms with van der Waals surface area (Å²) in [6.45, 7) is 5.14. The van der Waals surface area contributed by atoms with Crippen molar-refractivity contribution >= 4 is 35.0 Å². The highest BCUT2D eigenvalue weighted by molar-refractivity contribution is 8.00. The van der Waals surface area contributed by atoms with Crippen LogP contribution in [0, 0.1) is 0 Å². The number of hydrogen-bond acceptors (Lipinski definition) is 6. The number of amides is 1. The number of benzene rings is 1. The van der Waals surface area contributed by atoms with Crippen molar-refractivity contribution < 1.29 is 9.53 Å². The highest BCUT2D eigenvalue weighted by Crippen LogP contribution is 2.29. The molecule has 9 heteroatoms. The quantitative estimate of drug-likeness (QED) is 0.480. The third-order valence-corrected chi connectivity index (χ3v) is 6.90. The van der Waals surface area contributed by atoms with Crippen LogP contribution in [0.4, 0.5) is 5.69 Å². The Balaban J connectivity index is 1.37. The normalized spacial score (nSPS) is 16.3. The van der Waals surface area contributed by atoms with Crippen molar-refractivity contribution in [3.05, 3.63) is 51.0 Å². The van der Waals surface area contributed by atoms with E-state index in [4.69, 9.17) is 16.3 Å². The topological polar surface area (TPSA) is 76.5 Å². The lowest BCUT2D eigenvalue weighted by molar-refractivity contribution is -0.113. The SMILES string of the molecule is O=C(CSc1nc(=O)n(CCCN2CCOCC2)c2c1CCC2)Nc1ccc(Cl)cc1. The van der Waals surface area contributed by atoms with Crippen molar-refractivity contribution in [3.63, 3.8) is 0 Å². The van der Waals surface area contributed by atoms with E-state index < -0.39 is 0 Å². The average molecular weight is 463 g/mol. The summed E-state index contributed by atoms with van der Waals surface area (Å²) in [7, 11) is 0. The number of aromatic nitrogens is 2. The summed E-state index contributed by atoms with van der Waals surface area (Å²) in [6, 6.07) is 6.99. The van der Waals surface area contributed by atoms with E-state index in [1.807, 2.05) is 4.57 Å². The zero-order chi connectivity index (χ0) is 21.6. The van der Waals surface area contributed by atoms with Crippen LogP contribution in [0.25, 0.3) is 0 Å². The number of hydrogen-bond donors (Lipinski definition) is 1. The van der Waals surface area contributed by atoms with Gasteiger partial charge in [0.1, 0.15) is 5.03 Å². The first-order valence-electron chi connectivity index (χ1n) is 10.7. The molecule has 0 atom stereocenters. The van der Waals surface area contributed by atoms with E-state index in [-0.39, 0.29) is 17.3 Å². The van der Waals surface area contributed by atoms with E-state index in [1.165, 1.54) is 11.8 Å². The molecule has 2 heterocycles. The molecule has 0 spiro atoms. The molecule has 0 unspecified atom stereocenters. The third-order valence-electron chi connectivity index (χ3n) is 5.63. The molecule has 1 fully saturated rings. The Morgan fingerprint density at radius 2 is 1.94 bits per heavy atom. The number of morpholine rings is 1. The minimum absolute atomic E-state index is 0.129. The predicted molar refractivity (Wildman–Crippen MR) is 123 cm³/mol. The molecule has 1 saturated heterocycles. The molecule has 1 amide bonds. The lowest BCUT2D eigenvalue weighted by Crippen LogP contribution is -2.37. The standard InChI is InChI=1S/C22H27ClN4O3S/c23-16-5-7-17(8-6-16)24-20(28)15-31-21-18-3-1-4-19(18)27(22(29)25-21)10-2-9-26-11-13-30-14-12-26/h5-8H,1-4,9-15H2,(H,24,28). The van der Waals surface area contributed by atoms with Crippen LogP contribution < -0.4 is 11.0 Å².